The lowest BCUT2D eigenvalue weighted by atomic mass is 9.96. The first-order valence-corrected chi connectivity index (χ1v) is 9.64. The van der Waals surface area contributed by atoms with Gasteiger partial charge in [0.05, 0.1) is 6.61 Å². The number of aromatic nitrogens is 1. The maximum absolute atomic E-state index is 13.1. The molecule has 2 heterocycles. The zero-order valence-electron chi connectivity index (χ0n) is 16.8. The maximum Gasteiger partial charge on any atom is 0.259 e. The van der Waals surface area contributed by atoms with Gasteiger partial charge in [0.1, 0.15) is 5.56 Å². The molecule has 0 saturated carbocycles. The zero-order valence-corrected chi connectivity index (χ0v) is 16.8. The topological polar surface area (TPSA) is 85.9 Å². The highest BCUT2D eigenvalue weighted by Gasteiger charge is 2.36. The van der Waals surface area contributed by atoms with Gasteiger partial charge in [-0.2, -0.15) is 0 Å². The van der Waals surface area contributed by atoms with E-state index in [4.69, 9.17) is 4.74 Å². The second-order valence-corrected chi connectivity index (χ2v) is 7.75. The maximum atomic E-state index is 13.1. The second kappa shape index (κ2) is 8.86. The highest BCUT2D eigenvalue weighted by Crippen LogP contribution is 2.25. The van der Waals surface area contributed by atoms with Crippen molar-refractivity contribution >= 4 is 16.8 Å². The third kappa shape index (κ3) is 4.27. The number of aliphatic hydroxyl groups is 1. The molecule has 1 fully saturated rings. The van der Waals surface area contributed by atoms with E-state index in [2.05, 4.69) is 9.88 Å². The Balaban J connectivity index is 1.78. The van der Waals surface area contributed by atoms with Gasteiger partial charge in [-0.05, 0) is 32.0 Å². The Morgan fingerprint density at radius 1 is 1.36 bits per heavy atom. The highest BCUT2D eigenvalue weighted by molar-refractivity contribution is 5.97. The van der Waals surface area contributed by atoms with E-state index in [0.717, 1.165) is 24.2 Å². The molecule has 0 unspecified atom stereocenters. The predicted octanol–water partition coefficient (Wildman–Crippen LogP) is 1.10. The molecule has 0 aliphatic carbocycles. The molecule has 2 N–H and O–H groups in total. The SMILES string of the molecule is COCCN(C)C[C@@H]1CN(C(=O)c2c[nH]c3ccc(C)cc3c2=O)C[C@@H]1CO. The number of aliphatic hydroxyl groups excluding tert-OH is 1. The van der Waals surface area contributed by atoms with Crippen LogP contribution in [0.25, 0.3) is 10.9 Å². The number of rotatable bonds is 7. The van der Waals surface area contributed by atoms with Crippen LogP contribution in [0.5, 0.6) is 0 Å². The van der Waals surface area contributed by atoms with E-state index >= 15 is 0 Å². The van der Waals surface area contributed by atoms with Crippen molar-refractivity contribution in [3.63, 3.8) is 0 Å². The summed E-state index contributed by atoms with van der Waals surface area (Å²) in [4.78, 5) is 32.8. The monoisotopic (exact) mass is 387 g/mol. The van der Waals surface area contributed by atoms with Crippen molar-refractivity contribution in [2.75, 3.05) is 53.6 Å². The molecule has 1 aliphatic heterocycles. The van der Waals surface area contributed by atoms with Crippen molar-refractivity contribution in [3.05, 3.63) is 45.7 Å². The second-order valence-electron chi connectivity index (χ2n) is 7.75. The first-order chi connectivity index (χ1) is 13.4. The normalized spacial score (nSPS) is 19.7. The number of carbonyl (C=O) groups is 1. The summed E-state index contributed by atoms with van der Waals surface area (Å²) in [5.74, 6) is -0.0986. The largest absolute Gasteiger partial charge is 0.396 e. The smallest absolute Gasteiger partial charge is 0.259 e. The van der Waals surface area contributed by atoms with E-state index in [1.165, 1.54) is 6.20 Å². The number of fused-ring (bicyclic) bond motifs is 1. The average Bonchev–Trinajstić information content (AvgIpc) is 3.09. The number of aromatic amines is 1. The first kappa shape index (κ1) is 20.5. The van der Waals surface area contributed by atoms with Gasteiger partial charge in [-0.25, -0.2) is 0 Å². The number of hydrogen-bond acceptors (Lipinski definition) is 5. The highest BCUT2D eigenvalue weighted by atomic mass is 16.5. The fourth-order valence-electron chi connectivity index (χ4n) is 3.92. The Hall–Kier alpha value is -2.22. The summed E-state index contributed by atoms with van der Waals surface area (Å²) in [5.41, 5.74) is 1.61. The standard InChI is InChI=1S/C21H29N3O4/c1-14-4-5-19-17(8-14)20(26)18(9-22-19)21(27)24-11-15(16(12-24)13-25)10-23(2)6-7-28-3/h4-5,8-9,15-16,25H,6-7,10-13H2,1-3H3,(H,22,26)/t15-,16-/m1/s1. The Labute approximate surface area is 164 Å². The van der Waals surface area contributed by atoms with E-state index in [1.54, 1.807) is 18.1 Å². The lowest BCUT2D eigenvalue weighted by Crippen LogP contribution is -2.35. The van der Waals surface area contributed by atoms with Crippen LogP contribution in [0.3, 0.4) is 0 Å². The molecule has 7 heteroatoms. The number of likely N-dealkylation sites (N-methyl/N-ethyl adjacent to an activating group) is 1. The molecule has 28 heavy (non-hydrogen) atoms. The molecule has 2 aromatic rings. The van der Waals surface area contributed by atoms with Crippen molar-refractivity contribution in [1.29, 1.82) is 0 Å². The van der Waals surface area contributed by atoms with Gasteiger partial charge in [0, 0.05) is 62.9 Å². The number of hydrogen-bond donors (Lipinski definition) is 2. The lowest BCUT2D eigenvalue weighted by Gasteiger charge is -2.23. The van der Waals surface area contributed by atoms with Gasteiger partial charge in [0.25, 0.3) is 5.91 Å². The number of H-pyrrole nitrogens is 1. The van der Waals surface area contributed by atoms with Crippen LogP contribution in [0.4, 0.5) is 0 Å². The molecule has 1 aromatic carbocycles. The van der Waals surface area contributed by atoms with Crippen LogP contribution in [-0.4, -0.2) is 79.3 Å². The van der Waals surface area contributed by atoms with Gasteiger partial charge in [-0.1, -0.05) is 11.6 Å². The van der Waals surface area contributed by atoms with Gasteiger partial charge in [-0.15, -0.1) is 0 Å². The number of benzene rings is 1. The minimum absolute atomic E-state index is 0.00993. The molecule has 1 aliphatic rings. The van der Waals surface area contributed by atoms with Crippen molar-refractivity contribution in [2.24, 2.45) is 11.8 Å². The Bertz CT molecular complexity index is 895. The summed E-state index contributed by atoms with van der Waals surface area (Å²) in [5, 5.41) is 10.3. The lowest BCUT2D eigenvalue weighted by molar-refractivity contribution is 0.0777. The van der Waals surface area contributed by atoms with Crippen molar-refractivity contribution in [1.82, 2.24) is 14.8 Å². The van der Waals surface area contributed by atoms with Crippen LogP contribution in [0.15, 0.2) is 29.2 Å². The van der Waals surface area contributed by atoms with Crippen LogP contribution in [-0.2, 0) is 4.74 Å². The zero-order chi connectivity index (χ0) is 20.3. The minimum Gasteiger partial charge on any atom is -0.396 e. The fourth-order valence-corrected chi connectivity index (χ4v) is 3.92. The van der Waals surface area contributed by atoms with Crippen molar-refractivity contribution in [3.8, 4) is 0 Å². The molecule has 3 rings (SSSR count). The number of amides is 1. The van der Waals surface area contributed by atoms with Gasteiger partial charge < -0.3 is 24.6 Å². The van der Waals surface area contributed by atoms with Gasteiger partial charge in [-0.3, -0.25) is 9.59 Å². The minimum atomic E-state index is -0.273. The van der Waals surface area contributed by atoms with E-state index < -0.39 is 0 Å². The Morgan fingerprint density at radius 2 is 2.11 bits per heavy atom. The Kier molecular flexibility index (Phi) is 6.49. The third-order valence-corrected chi connectivity index (χ3v) is 5.59. The molecule has 1 aromatic heterocycles. The molecule has 1 saturated heterocycles. The van der Waals surface area contributed by atoms with E-state index in [-0.39, 0.29) is 35.3 Å². The average molecular weight is 387 g/mol. The van der Waals surface area contributed by atoms with Crippen LogP contribution in [0.1, 0.15) is 15.9 Å². The number of ether oxygens (including phenoxy) is 1. The summed E-state index contributed by atoms with van der Waals surface area (Å²) in [6.07, 6.45) is 1.51. The summed E-state index contributed by atoms with van der Waals surface area (Å²) >= 11 is 0. The fraction of sp³-hybridized carbons (Fsp3) is 0.524. The molecule has 0 radical (unpaired) electrons. The van der Waals surface area contributed by atoms with Crippen LogP contribution in [0, 0.1) is 18.8 Å². The number of aryl methyl sites for hydroxylation is 1. The number of carbonyl (C=O) groups excluding carboxylic acids is 1. The molecule has 1 amide bonds. The van der Waals surface area contributed by atoms with Gasteiger partial charge in [0.2, 0.25) is 5.43 Å². The first-order valence-electron chi connectivity index (χ1n) is 9.64. The molecule has 152 valence electrons. The molecular formula is C21H29N3O4. The van der Waals surface area contributed by atoms with Gasteiger partial charge in [0.15, 0.2) is 0 Å². The van der Waals surface area contributed by atoms with Gasteiger partial charge >= 0.3 is 0 Å². The number of likely N-dealkylation sites (tertiary alicyclic amines) is 1. The van der Waals surface area contributed by atoms with Crippen LogP contribution in [0.2, 0.25) is 0 Å². The van der Waals surface area contributed by atoms with E-state index in [0.29, 0.717) is 25.1 Å². The summed E-state index contributed by atoms with van der Waals surface area (Å²) < 4.78 is 5.11. The van der Waals surface area contributed by atoms with E-state index in [1.807, 2.05) is 26.1 Å². The summed E-state index contributed by atoms with van der Waals surface area (Å²) in [6.45, 7) is 5.15. The molecule has 7 nitrogen and oxygen atoms in total. The quantitative estimate of drug-likeness (QED) is 0.743. The van der Waals surface area contributed by atoms with E-state index in [9.17, 15) is 14.7 Å². The molecule has 0 spiro atoms. The Morgan fingerprint density at radius 3 is 2.82 bits per heavy atom. The summed E-state index contributed by atoms with van der Waals surface area (Å²) in [6, 6.07) is 5.58. The van der Waals surface area contributed by atoms with Crippen LogP contribution < -0.4 is 5.43 Å². The summed E-state index contributed by atoms with van der Waals surface area (Å²) in [7, 11) is 3.68. The molecule has 0 bridgehead atoms. The number of nitrogens with one attached hydrogen (secondary N) is 1. The van der Waals surface area contributed by atoms with Crippen molar-refractivity contribution < 1.29 is 14.6 Å². The molecular weight excluding hydrogens is 358 g/mol. The van der Waals surface area contributed by atoms with Crippen LogP contribution >= 0.6 is 0 Å². The number of methoxy groups -OCH3 is 1. The predicted molar refractivity (Wildman–Crippen MR) is 109 cm³/mol. The molecule has 2 atom stereocenters. The number of nitrogens with zero attached hydrogens (tertiary/aromatic N) is 2. The number of pyridine rings is 1. The van der Waals surface area contributed by atoms with Crippen molar-refractivity contribution in [2.45, 2.75) is 6.92 Å². The third-order valence-electron chi connectivity index (χ3n) is 5.59.